The van der Waals surface area contributed by atoms with Crippen LogP contribution < -0.4 is 5.32 Å². The minimum Gasteiger partial charge on any atom is -0.356 e. The molecule has 23 heavy (non-hydrogen) atoms. The fourth-order valence-corrected chi connectivity index (χ4v) is 2.37. The number of hydrogen-bond acceptors (Lipinski definition) is 2. The molecule has 1 amide bonds. The molecule has 0 bridgehead atoms. The Bertz CT molecular complexity index is 677. The molecule has 0 heterocycles. The van der Waals surface area contributed by atoms with E-state index in [1.807, 2.05) is 62.4 Å². The number of nitrogens with one attached hydrogen (secondary N) is 1. The average Bonchev–Trinajstić information content (AvgIpc) is 2.56. The van der Waals surface area contributed by atoms with Gasteiger partial charge in [0.1, 0.15) is 0 Å². The van der Waals surface area contributed by atoms with E-state index in [0.717, 1.165) is 12.0 Å². The summed E-state index contributed by atoms with van der Waals surface area (Å²) in [6.45, 7) is 4.60. The van der Waals surface area contributed by atoms with E-state index in [0.29, 0.717) is 12.1 Å². The first-order valence-corrected chi connectivity index (χ1v) is 7.97. The molecule has 0 aliphatic heterocycles. The number of aryl methyl sites for hydroxylation is 2. The van der Waals surface area contributed by atoms with Crippen LogP contribution in [0, 0.1) is 13.8 Å². The van der Waals surface area contributed by atoms with Gasteiger partial charge >= 0.3 is 0 Å². The van der Waals surface area contributed by atoms with E-state index in [9.17, 15) is 9.59 Å². The lowest BCUT2D eigenvalue weighted by molar-refractivity contribution is -0.121. The molecule has 2 rings (SSSR count). The predicted octanol–water partition coefficient (Wildman–Crippen LogP) is 3.63. The van der Waals surface area contributed by atoms with Gasteiger partial charge in [-0.2, -0.15) is 0 Å². The molecule has 0 aliphatic rings. The van der Waals surface area contributed by atoms with E-state index < -0.39 is 0 Å². The molecule has 0 saturated carbocycles. The molecule has 0 spiro atoms. The van der Waals surface area contributed by atoms with E-state index in [4.69, 9.17) is 0 Å². The number of rotatable bonds is 7. The number of amides is 1. The molecule has 2 aromatic carbocycles. The van der Waals surface area contributed by atoms with Gasteiger partial charge in [0.15, 0.2) is 5.78 Å². The third kappa shape index (κ3) is 5.37. The van der Waals surface area contributed by atoms with Gasteiger partial charge in [0, 0.05) is 24.9 Å². The van der Waals surface area contributed by atoms with Crippen molar-refractivity contribution in [2.24, 2.45) is 0 Å². The smallest absolute Gasteiger partial charge is 0.220 e. The molecule has 3 heteroatoms. The third-order valence-electron chi connectivity index (χ3n) is 3.99. The van der Waals surface area contributed by atoms with Crippen LogP contribution in [0.2, 0.25) is 0 Å². The first-order valence-electron chi connectivity index (χ1n) is 7.97. The lowest BCUT2D eigenvalue weighted by atomic mass is 10.0. The molecular formula is C20H23NO2. The molecule has 0 atom stereocenters. The van der Waals surface area contributed by atoms with Gasteiger partial charge in [0.05, 0.1) is 0 Å². The molecule has 2 aromatic rings. The second kappa shape index (κ2) is 8.28. The Morgan fingerprint density at radius 3 is 2.35 bits per heavy atom. The normalized spacial score (nSPS) is 10.3. The standard InChI is InChI=1S/C20H23NO2/c1-15-8-9-18(14-16(15)2)19(22)10-11-20(23)21-13-12-17-6-4-3-5-7-17/h3-9,14H,10-13H2,1-2H3,(H,21,23). The Balaban J connectivity index is 1.73. The Hall–Kier alpha value is -2.42. The van der Waals surface area contributed by atoms with E-state index in [2.05, 4.69) is 5.32 Å². The molecule has 120 valence electrons. The van der Waals surface area contributed by atoms with Crippen molar-refractivity contribution in [3.63, 3.8) is 0 Å². The molecule has 0 fully saturated rings. The molecule has 0 unspecified atom stereocenters. The van der Waals surface area contributed by atoms with Gasteiger partial charge in [-0.25, -0.2) is 0 Å². The Morgan fingerprint density at radius 2 is 1.65 bits per heavy atom. The number of hydrogen-bond donors (Lipinski definition) is 1. The zero-order valence-corrected chi connectivity index (χ0v) is 13.8. The quantitative estimate of drug-likeness (QED) is 0.794. The number of Topliss-reactive ketones (excluding diaryl/α,β-unsaturated/α-hetero) is 1. The molecule has 1 N–H and O–H groups in total. The molecule has 0 saturated heterocycles. The van der Waals surface area contributed by atoms with Crippen LogP contribution in [0.25, 0.3) is 0 Å². The summed E-state index contributed by atoms with van der Waals surface area (Å²) in [7, 11) is 0. The maximum absolute atomic E-state index is 12.1. The highest BCUT2D eigenvalue weighted by molar-refractivity contribution is 5.98. The molecule has 0 radical (unpaired) electrons. The van der Waals surface area contributed by atoms with Crippen molar-refractivity contribution in [1.29, 1.82) is 0 Å². The summed E-state index contributed by atoms with van der Waals surface area (Å²) < 4.78 is 0. The van der Waals surface area contributed by atoms with Crippen molar-refractivity contribution in [3.8, 4) is 0 Å². The van der Waals surface area contributed by atoms with Crippen LogP contribution in [-0.4, -0.2) is 18.2 Å². The number of benzene rings is 2. The van der Waals surface area contributed by atoms with E-state index in [1.165, 1.54) is 11.1 Å². The summed E-state index contributed by atoms with van der Waals surface area (Å²) >= 11 is 0. The van der Waals surface area contributed by atoms with Crippen molar-refractivity contribution < 1.29 is 9.59 Å². The third-order valence-corrected chi connectivity index (χ3v) is 3.99. The van der Waals surface area contributed by atoms with Crippen LogP contribution in [0.1, 0.15) is 39.9 Å². The van der Waals surface area contributed by atoms with Crippen molar-refractivity contribution in [2.45, 2.75) is 33.1 Å². The van der Waals surface area contributed by atoms with Crippen LogP contribution in [-0.2, 0) is 11.2 Å². The van der Waals surface area contributed by atoms with Crippen LogP contribution in [0.4, 0.5) is 0 Å². The molecule has 0 aromatic heterocycles. The van der Waals surface area contributed by atoms with Crippen LogP contribution in [0.3, 0.4) is 0 Å². The topological polar surface area (TPSA) is 46.2 Å². The van der Waals surface area contributed by atoms with Gasteiger partial charge in [-0.1, -0.05) is 42.5 Å². The minimum atomic E-state index is -0.0712. The van der Waals surface area contributed by atoms with Gasteiger partial charge in [0.2, 0.25) is 5.91 Å². The van der Waals surface area contributed by atoms with Crippen molar-refractivity contribution >= 4 is 11.7 Å². The first kappa shape index (κ1) is 16.9. The highest BCUT2D eigenvalue weighted by Crippen LogP contribution is 2.12. The lowest BCUT2D eigenvalue weighted by Crippen LogP contribution is -2.26. The molecule has 3 nitrogen and oxygen atoms in total. The summed E-state index contributed by atoms with van der Waals surface area (Å²) in [5, 5.41) is 2.87. The van der Waals surface area contributed by atoms with Crippen molar-refractivity contribution in [2.75, 3.05) is 6.54 Å². The van der Waals surface area contributed by atoms with E-state index in [1.54, 1.807) is 0 Å². The summed E-state index contributed by atoms with van der Waals surface area (Å²) in [5.41, 5.74) is 4.15. The summed E-state index contributed by atoms with van der Waals surface area (Å²) in [6.07, 6.45) is 1.29. The Kier molecular flexibility index (Phi) is 6.10. The van der Waals surface area contributed by atoms with Gasteiger partial charge in [0.25, 0.3) is 0 Å². The van der Waals surface area contributed by atoms with Crippen LogP contribution >= 0.6 is 0 Å². The first-order chi connectivity index (χ1) is 11.1. The number of ketones is 1. The highest BCUT2D eigenvalue weighted by atomic mass is 16.2. The highest BCUT2D eigenvalue weighted by Gasteiger charge is 2.10. The van der Waals surface area contributed by atoms with Crippen LogP contribution in [0.5, 0.6) is 0 Å². The Morgan fingerprint density at radius 1 is 0.913 bits per heavy atom. The summed E-state index contributed by atoms with van der Waals surface area (Å²) in [4.78, 5) is 24.0. The number of carbonyl (C=O) groups excluding carboxylic acids is 2. The van der Waals surface area contributed by atoms with Crippen LogP contribution in [0.15, 0.2) is 48.5 Å². The van der Waals surface area contributed by atoms with Gasteiger partial charge < -0.3 is 5.32 Å². The second-order valence-electron chi connectivity index (χ2n) is 5.81. The Labute approximate surface area is 137 Å². The van der Waals surface area contributed by atoms with Gasteiger partial charge in [-0.3, -0.25) is 9.59 Å². The van der Waals surface area contributed by atoms with Gasteiger partial charge in [-0.15, -0.1) is 0 Å². The fourth-order valence-electron chi connectivity index (χ4n) is 2.37. The lowest BCUT2D eigenvalue weighted by Gasteiger charge is -2.06. The maximum Gasteiger partial charge on any atom is 0.220 e. The summed E-state index contributed by atoms with van der Waals surface area (Å²) in [5.74, 6) is -0.0515. The largest absolute Gasteiger partial charge is 0.356 e. The average molecular weight is 309 g/mol. The maximum atomic E-state index is 12.1. The fraction of sp³-hybridized carbons (Fsp3) is 0.300. The summed E-state index contributed by atoms with van der Waals surface area (Å²) in [6, 6.07) is 15.7. The monoisotopic (exact) mass is 309 g/mol. The zero-order chi connectivity index (χ0) is 16.7. The van der Waals surface area contributed by atoms with Crippen molar-refractivity contribution in [1.82, 2.24) is 5.32 Å². The SMILES string of the molecule is Cc1ccc(C(=O)CCC(=O)NCCc2ccccc2)cc1C. The minimum absolute atomic E-state index is 0.0197. The second-order valence-corrected chi connectivity index (χ2v) is 5.81. The molecular weight excluding hydrogens is 286 g/mol. The van der Waals surface area contributed by atoms with Gasteiger partial charge in [-0.05, 0) is 43.0 Å². The zero-order valence-electron chi connectivity index (χ0n) is 13.8. The number of carbonyl (C=O) groups is 2. The van der Waals surface area contributed by atoms with E-state index in [-0.39, 0.29) is 24.5 Å². The van der Waals surface area contributed by atoms with Crippen molar-refractivity contribution in [3.05, 3.63) is 70.8 Å². The molecule has 0 aliphatic carbocycles. The van der Waals surface area contributed by atoms with E-state index >= 15 is 0 Å². The predicted molar refractivity (Wildman–Crippen MR) is 92.6 cm³/mol.